The van der Waals surface area contributed by atoms with Gasteiger partial charge in [-0.25, -0.2) is 4.39 Å². The van der Waals surface area contributed by atoms with E-state index in [-0.39, 0.29) is 17.6 Å². The Morgan fingerprint density at radius 1 is 1.03 bits per heavy atom. The molecule has 158 valence electrons. The van der Waals surface area contributed by atoms with Crippen molar-refractivity contribution in [1.29, 1.82) is 0 Å². The van der Waals surface area contributed by atoms with Gasteiger partial charge < -0.3 is 16.0 Å². The number of nitrogens with two attached hydrogens (primary N) is 1. The van der Waals surface area contributed by atoms with E-state index < -0.39 is 6.04 Å². The summed E-state index contributed by atoms with van der Waals surface area (Å²) in [6.45, 7) is 3.49. The normalized spacial score (nSPS) is 28.9. The molecule has 2 amide bonds. The van der Waals surface area contributed by atoms with Crippen molar-refractivity contribution in [3.8, 4) is 0 Å². The van der Waals surface area contributed by atoms with E-state index in [2.05, 4.69) is 20.4 Å². The van der Waals surface area contributed by atoms with Crippen LogP contribution in [0, 0.1) is 5.82 Å². The van der Waals surface area contributed by atoms with Gasteiger partial charge in [0.05, 0.1) is 5.69 Å². The number of halogens is 1. The minimum atomic E-state index is -0.509. The molecule has 0 spiro atoms. The molecule has 1 aromatic rings. The molecule has 1 aromatic carbocycles. The summed E-state index contributed by atoms with van der Waals surface area (Å²) in [6.07, 6.45) is 5.23. The Morgan fingerprint density at radius 3 is 2.41 bits per heavy atom. The summed E-state index contributed by atoms with van der Waals surface area (Å²) in [5.74, 6) is -0.908. The lowest BCUT2D eigenvalue weighted by molar-refractivity contribution is -0.133. The Kier molecular flexibility index (Phi) is 6.01. The smallest absolute Gasteiger partial charge is 0.249 e. The average Bonchev–Trinajstić information content (AvgIpc) is 2.71. The van der Waals surface area contributed by atoms with Gasteiger partial charge in [-0.15, -0.1) is 0 Å². The van der Waals surface area contributed by atoms with E-state index >= 15 is 0 Å². The predicted octanol–water partition coefficient (Wildman–Crippen LogP) is 1.43. The fraction of sp³-hybridized carbons (Fsp3) is 0.619. The number of carbonyl (C=O) groups is 2. The van der Waals surface area contributed by atoms with Crippen LogP contribution >= 0.6 is 0 Å². The van der Waals surface area contributed by atoms with E-state index in [1.165, 1.54) is 6.07 Å². The molecule has 8 heteroatoms. The molecule has 1 aliphatic carbocycles. The lowest BCUT2D eigenvalue weighted by atomic mass is 9.90. The molecule has 0 bridgehead atoms. The van der Waals surface area contributed by atoms with E-state index in [0.29, 0.717) is 36.3 Å². The molecular formula is C21H30FN5O2. The summed E-state index contributed by atoms with van der Waals surface area (Å²) < 4.78 is 14.8. The standard InChI is InChI=1S/C21H30FN5O2/c22-17-13-15(24-18-6-8-20(28)25-21(18)29)3-7-19(17)27-11-9-26(10-12-27)16-4-1-14(23)2-5-16/h3,7,13-14,16,18,24H,1-2,4-6,8-12,23H2,(H,25,28,29). The minimum Gasteiger partial charge on any atom is -0.374 e. The van der Waals surface area contributed by atoms with Crippen LogP contribution in [0.25, 0.3) is 0 Å². The van der Waals surface area contributed by atoms with Crippen LogP contribution in [0.3, 0.4) is 0 Å². The number of benzene rings is 1. The Morgan fingerprint density at radius 2 is 1.76 bits per heavy atom. The fourth-order valence-electron chi connectivity index (χ4n) is 4.68. The molecule has 0 aromatic heterocycles. The molecule has 1 atom stereocenters. The Labute approximate surface area is 170 Å². The zero-order valence-electron chi connectivity index (χ0n) is 16.7. The van der Waals surface area contributed by atoms with Gasteiger partial charge in [0.2, 0.25) is 11.8 Å². The number of amides is 2. The van der Waals surface area contributed by atoms with Gasteiger partial charge in [0, 0.05) is 50.4 Å². The van der Waals surface area contributed by atoms with Crippen LogP contribution in [-0.2, 0) is 9.59 Å². The second-order valence-corrected chi connectivity index (χ2v) is 8.41. The fourth-order valence-corrected chi connectivity index (χ4v) is 4.68. The lowest BCUT2D eigenvalue weighted by Crippen LogP contribution is -2.52. The highest BCUT2D eigenvalue weighted by atomic mass is 19.1. The zero-order chi connectivity index (χ0) is 20.4. The zero-order valence-corrected chi connectivity index (χ0v) is 16.7. The van der Waals surface area contributed by atoms with Gasteiger partial charge in [0.15, 0.2) is 0 Å². The quantitative estimate of drug-likeness (QED) is 0.659. The van der Waals surface area contributed by atoms with Gasteiger partial charge >= 0.3 is 0 Å². The number of hydrogen-bond donors (Lipinski definition) is 3. The van der Waals surface area contributed by atoms with Crippen molar-refractivity contribution in [3.05, 3.63) is 24.0 Å². The number of piperazine rings is 1. The van der Waals surface area contributed by atoms with Crippen molar-refractivity contribution < 1.29 is 14.0 Å². The largest absolute Gasteiger partial charge is 0.374 e. The van der Waals surface area contributed by atoms with Crippen LogP contribution in [0.15, 0.2) is 18.2 Å². The van der Waals surface area contributed by atoms with Crippen LogP contribution in [-0.4, -0.2) is 61.0 Å². The van der Waals surface area contributed by atoms with Crippen molar-refractivity contribution in [2.24, 2.45) is 5.73 Å². The highest BCUT2D eigenvalue weighted by Gasteiger charge is 2.29. The number of rotatable bonds is 4. The third-order valence-corrected chi connectivity index (χ3v) is 6.44. The van der Waals surface area contributed by atoms with Gasteiger partial charge in [-0.2, -0.15) is 0 Å². The molecule has 3 fully saturated rings. The Balaban J connectivity index is 1.33. The lowest BCUT2D eigenvalue weighted by Gasteiger charge is -2.42. The Bertz CT molecular complexity index is 757. The summed E-state index contributed by atoms with van der Waals surface area (Å²) in [7, 11) is 0. The van der Waals surface area contributed by atoms with Crippen LogP contribution in [0.1, 0.15) is 38.5 Å². The molecular weight excluding hydrogens is 373 g/mol. The monoisotopic (exact) mass is 403 g/mol. The summed E-state index contributed by atoms with van der Waals surface area (Å²) in [5.41, 5.74) is 7.17. The van der Waals surface area contributed by atoms with Gasteiger partial charge in [-0.3, -0.25) is 19.8 Å². The molecule has 7 nitrogen and oxygen atoms in total. The first-order chi connectivity index (χ1) is 14.0. The topological polar surface area (TPSA) is 90.7 Å². The summed E-state index contributed by atoms with van der Waals surface area (Å²) in [4.78, 5) is 27.7. The molecule has 2 aliphatic heterocycles. The highest BCUT2D eigenvalue weighted by Crippen LogP contribution is 2.27. The number of nitrogens with zero attached hydrogens (tertiary/aromatic N) is 2. The molecule has 4 N–H and O–H groups in total. The SMILES string of the molecule is NC1CCC(N2CCN(c3ccc(NC4CCC(=O)NC4=O)cc3F)CC2)CC1. The molecule has 2 saturated heterocycles. The van der Waals surface area contributed by atoms with E-state index in [1.54, 1.807) is 12.1 Å². The predicted molar refractivity (Wildman–Crippen MR) is 110 cm³/mol. The van der Waals surface area contributed by atoms with Gasteiger partial charge in [-0.05, 0) is 50.3 Å². The molecule has 4 rings (SSSR count). The summed E-state index contributed by atoms with van der Waals surface area (Å²) in [6, 6.07) is 5.48. The second kappa shape index (κ2) is 8.67. The first-order valence-corrected chi connectivity index (χ1v) is 10.6. The van der Waals surface area contributed by atoms with Crippen molar-refractivity contribution in [3.63, 3.8) is 0 Å². The van der Waals surface area contributed by atoms with Crippen LogP contribution in [0.4, 0.5) is 15.8 Å². The maximum Gasteiger partial charge on any atom is 0.249 e. The van der Waals surface area contributed by atoms with Crippen molar-refractivity contribution >= 4 is 23.2 Å². The third kappa shape index (κ3) is 4.70. The van der Waals surface area contributed by atoms with Crippen LogP contribution in [0.2, 0.25) is 0 Å². The summed E-state index contributed by atoms with van der Waals surface area (Å²) in [5, 5.41) is 5.34. The number of piperidine rings is 1. The Hall–Kier alpha value is -2.19. The van der Waals surface area contributed by atoms with Crippen molar-refractivity contribution in [2.45, 2.75) is 56.7 Å². The molecule has 29 heavy (non-hydrogen) atoms. The van der Waals surface area contributed by atoms with Gasteiger partial charge in [-0.1, -0.05) is 0 Å². The van der Waals surface area contributed by atoms with Crippen LogP contribution in [0.5, 0.6) is 0 Å². The molecule has 1 unspecified atom stereocenters. The molecule has 0 radical (unpaired) electrons. The number of anilines is 2. The maximum atomic E-state index is 14.8. The van der Waals surface area contributed by atoms with Crippen molar-refractivity contribution in [1.82, 2.24) is 10.2 Å². The van der Waals surface area contributed by atoms with E-state index in [9.17, 15) is 14.0 Å². The van der Waals surface area contributed by atoms with E-state index in [1.807, 2.05) is 0 Å². The highest BCUT2D eigenvalue weighted by molar-refractivity contribution is 6.01. The van der Waals surface area contributed by atoms with Gasteiger partial charge in [0.25, 0.3) is 0 Å². The first kappa shape index (κ1) is 20.1. The van der Waals surface area contributed by atoms with Gasteiger partial charge in [0.1, 0.15) is 11.9 Å². The van der Waals surface area contributed by atoms with Crippen LogP contribution < -0.4 is 21.3 Å². The van der Waals surface area contributed by atoms with E-state index in [4.69, 9.17) is 5.73 Å². The van der Waals surface area contributed by atoms with E-state index in [0.717, 1.165) is 51.9 Å². The number of nitrogens with one attached hydrogen (secondary N) is 2. The maximum absolute atomic E-state index is 14.8. The molecule has 2 heterocycles. The minimum absolute atomic E-state index is 0.259. The molecule has 1 saturated carbocycles. The summed E-state index contributed by atoms with van der Waals surface area (Å²) >= 11 is 0. The second-order valence-electron chi connectivity index (χ2n) is 8.41. The average molecular weight is 404 g/mol. The van der Waals surface area contributed by atoms with Crippen molar-refractivity contribution in [2.75, 3.05) is 36.4 Å². The molecule has 3 aliphatic rings. The number of imide groups is 1. The third-order valence-electron chi connectivity index (χ3n) is 6.44. The number of hydrogen-bond acceptors (Lipinski definition) is 6. The first-order valence-electron chi connectivity index (χ1n) is 10.6. The number of carbonyl (C=O) groups excluding carboxylic acids is 2.